The summed E-state index contributed by atoms with van der Waals surface area (Å²) in [6, 6.07) is 9.74. The maximum absolute atomic E-state index is 13.1. The number of benzene rings is 1. The van der Waals surface area contributed by atoms with Crippen LogP contribution in [0.25, 0.3) is 0 Å². The quantitative estimate of drug-likeness (QED) is 0.855. The van der Waals surface area contributed by atoms with Crippen LogP contribution in [0.1, 0.15) is 24.8 Å². The van der Waals surface area contributed by atoms with E-state index < -0.39 is 0 Å². The number of amides is 1. The molecule has 1 aromatic carbocycles. The second kappa shape index (κ2) is 5.99. The Hall–Kier alpha value is -2.43. The van der Waals surface area contributed by atoms with Gasteiger partial charge in [-0.2, -0.15) is 0 Å². The van der Waals surface area contributed by atoms with Crippen molar-refractivity contribution in [3.05, 3.63) is 48.3 Å². The van der Waals surface area contributed by atoms with Gasteiger partial charge in [-0.15, -0.1) is 0 Å². The number of para-hydroxylation sites is 1. The topological polar surface area (TPSA) is 49.3 Å². The highest BCUT2D eigenvalue weighted by Crippen LogP contribution is 2.37. The molecule has 0 bridgehead atoms. The predicted octanol–water partition coefficient (Wildman–Crippen LogP) is 2.55. The van der Waals surface area contributed by atoms with Crippen LogP contribution in [0.2, 0.25) is 0 Å². The molecule has 2 aromatic rings. The van der Waals surface area contributed by atoms with E-state index in [1.54, 1.807) is 18.5 Å². The molecule has 1 unspecified atom stereocenters. The Bertz CT molecular complexity index is 697. The molecular formula is C18H20N4O. The van der Waals surface area contributed by atoms with E-state index >= 15 is 0 Å². The van der Waals surface area contributed by atoms with Gasteiger partial charge in [-0.05, 0) is 37.0 Å². The third-order valence-electron chi connectivity index (χ3n) is 4.70. The zero-order chi connectivity index (χ0) is 15.6. The number of hydrogen-bond acceptors (Lipinski definition) is 4. The minimum atomic E-state index is -0.229. The second-order valence-corrected chi connectivity index (χ2v) is 6.15. The molecule has 5 heteroatoms. The average Bonchev–Trinajstić information content (AvgIpc) is 3.02. The maximum Gasteiger partial charge on any atom is 0.246 e. The molecule has 2 aliphatic rings. The first-order chi connectivity index (χ1) is 11.3. The summed E-state index contributed by atoms with van der Waals surface area (Å²) in [6.07, 6.45) is 7.61. The van der Waals surface area contributed by atoms with E-state index in [-0.39, 0.29) is 11.9 Å². The van der Waals surface area contributed by atoms with Crippen molar-refractivity contribution < 1.29 is 4.79 Å². The Morgan fingerprint density at radius 3 is 2.52 bits per heavy atom. The molecule has 1 amide bonds. The maximum atomic E-state index is 13.1. The fourth-order valence-electron chi connectivity index (χ4n) is 3.57. The third kappa shape index (κ3) is 2.56. The lowest BCUT2D eigenvalue weighted by molar-refractivity contribution is -0.133. The summed E-state index contributed by atoms with van der Waals surface area (Å²) in [5, 5.41) is 0. The highest BCUT2D eigenvalue weighted by Gasteiger charge is 2.38. The standard InChI is InChI=1S/C18H20N4O/c23-17(21-11-4-1-5-12-21)16-13-14-7-2-3-8-15(14)22(16)18-19-9-6-10-20-18/h2-3,6-10,16H,1,4-5,11-13H2. The van der Waals surface area contributed by atoms with E-state index in [1.807, 2.05) is 21.9 Å². The molecule has 0 aliphatic carbocycles. The van der Waals surface area contributed by atoms with E-state index in [1.165, 1.54) is 12.0 Å². The van der Waals surface area contributed by atoms with Crippen LogP contribution < -0.4 is 4.90 Å². The van der Waals surface area contributed by atoms with Crippen LogP contribution in [0.3, 0.4) is 0 Å². The van der Waals surface area contributed by atoms with E-state index in [4.69, 9.17) is 0 Å². The lowest BCUT2D eigenvalue weighted by Crippen LogP contribution is -2.48. The van der Waals surface area contributed by atoms with Crippen LogP contribution in [-0.2, 0) is 11.2 Å². The minimum absolute atomic E-state index is 0.202. The van der Waals surface area contributed by atoms with Gasteiger partial charge in [0.1, 0.15) is 6.04 Å². The van der Waals surface area contributed by atoms with Crippen molar-refractivity contribution in [2.24, 2.45) is 0 Å². The van der Waals surface area contributed by atoms with Gasteiger partial charge in [-0.3, -0.25) is 9.69 Å². The van der Waals surface area contributed by atoms with E-state index in [0.29, 0.717) is 5.95 Å². The largest absolute Gasteiger partial charge is 0.341 e. The average molecular weight is 308 g/mol. The first-order valence-electron chi connectivity index (χ1n) is 8.27. The van der Waals surface area contributed by atoms with E-state index in [0.717, 1.165) is 38.0 Å². The number of hydrogen-bond donors (Lipinski definition) is 0. The van der Waals surface area contributed by atoms with Crippen LogP contribution in [0, 0.1) is 0 Å². The predicted molar refractivity (Wildman–Crippen MR) is 88.5 cm³/mol. The molecule has 0 N–H and O–H groups in total. The van der Waals surface area contributed by atoms with Crippen molar-refractivity contribution in [2.75, 3.05) is 18.0 Å². The van der Waals surface area contributed by atoms with Gasteiger partial charge in [0.15, 0.2) is 0 Å². The Morgan fingerprint density at radius 2 is 1.74 bits per heavy atom. The minimum Gasteiger partial charge on any atom is -0.341 e. The van der Waals surface area contributed by atoms with E-state index in [2.05, 4.69) is 22.1 Å². The highest BCUT2D eigenvalue weighted by atomic mass is 16.2. The van der Waals surface area contributed by atoms with Crippen molar-refractivity contribution in [3.63, 3.8) is 0 Å². The van der Waals surface area contributed by atoms with Crippen molar-refractivity contribution in [2.45, 2.75) is 31.7 Å². The van der Waals surface area contributed by atoms with Crippen LogP contribution in [0.15, 0.2) is 42.7 Å². The number of carbonyl (C=O) groups is 1. The number of piperidine rings is 1. The number of aromatic nitrogens is 2. The molecular weight excluding hydrogens is 288 g/mol. The number of rotatable bonds is 2. The first-order valence-corrected chi connectivity index (χ1v) is 8.27. The van der Waals surface area contributed by atoms with Crippen LogP contribution in [0.4, 0.5) is 11.6 Å². The summed E-state index contributed by atoms with van der Waals surface area (Å²) in [7, 11) is 0. The van der Waals surface area contributed by atoms with Gasteiger partial charge in [-0.1, -0.05) is 18.2 Å². The van der Waals surface area contributed by atoms with Gasteiger partial charge in [0.25, 0.3) is 0 Å². The molecule has 0 spiro atoms. The summed E-state index contributed by atoms with van der Waals surface area (Å²) < 4.78 is 0. The molecule has 118 valence electrons. The second-order valence-electron chi connectivity index (χ2n) is 6.15. The van der Waals surface area contributed by atoms with Gasteiger partial charge < -0.3 is 4.90 Å². The molecule has 0 saturated carbocycles. The lowest BCUT2D eigenvalue weighted by atomic mass is 10.1. The molecule has 4 rings (SSSR count). The zero-order valence-corrected chi connectivity index (χ0v) is 13.1. The van der Waals surface area contributed by atoms with Gasteiger partial charge >= 0.3 is 0 Å². The van der Waals surface area contributed by atoms with Crippen LogP contribution in [-0.4, -0.2) is 39.9 Å². The number of nitrogens with zero attached hydrogens (tertiary/aromatic N) is 4. The summed E-state index contributed by atoms with van der Waals surface area (Å²) in [5.41, 5.74) is 2.24. The van der Waals surface area contributed by atoms with Crippen molar-refractivity contribution >= 4 is 17.5 Å². The Morgan fingerprint density at radius 1 is 1.00 bits per heavy atom. The fraction of sp³-hybridized carbons (Fsp3) is 0.389. The summed E-state index contributed by atoms with van der Waals surface area (Å²) in [6.45, 7) is 1.74. The number of anilines is 2. The molecule has 3 heterocycles. The normalized spacial score (nSPS) is 20.4. The summed E-state index contributed by atoms with van der Waals surface area (Å²) in [5.74, 6) is 0.807. The summed E-state index contributed by atoms with van der Waals surface area (Å²) in [4.78, 5) is 25.9. The van der Waals surface area contributed by atoms with Crippen LogP contribution >= 0.6 is 0 Å². The highest BCUT2D eigenvalue weighted by molar-refractivity contribution is 5.90. The molecule has 5 nitrogen and oxygen atoms in total. The number of fused-ring (bicyclic) bond motifs is 1. The molecule has 1 aromatic heterocycles. The molecule has 1 saturated heterocycles. The third-order valence-corrected chi connectivity index (χ3v) is 4.70. The SMILES string of the molecule is O=C(C1Cc2ccccc2N1c1ncccn1)N1CCCCC1. The molecule has 1 atom stereocenters. The Kier molecular flexibility index (Phi) is 3.69. The smallest absolute Gasteiger partial charge is 0.246 e. The van der Waals surface area contributed by atoms with E-state index in [9.17, 15) is 4.79 Å². The molecule has 23 heavy (non-hydrogen) atoms. The number of carbonyl (C=O) groups excluding carboxylic acids is 1. The monoisotopic (exact) mass is 308 g/mol. The first kappa shape index (κ1) is 14.2. The lowest BCUT2D eigenvalue weighted by Gasteiger charge is -2.32. The van der Waals surface area contributed by atoms with Crippen molar-refractivity contribution in [3.8, 4) is 0 Å². The number of likely N-dealkylation sites (tertiary alicyclic amines) is 1. The van der Waals surface area contributed by atoms with Crippen molar-refractivity contribution in [1.29, 1.82) is 0 Å². The van der Waals surface area contributed by atoms with Gasteiger partial charge in [-0.25, -0.2) is 9.97 Å². The molecule has 2 aliphatic heterocycles. The molecule has 0 radical (unpaired) electrons. The van der Waals surface area contributed by atoms with Crippen molar-refractivity contribution in [1.82, 2.24) is 14.9 Å². The Labute approximate surface area is 136 Å². The van der Waals surface area contributed by atoms with Gasteiger partial charge in [0.2, 0.25) is 11.9 Å². The fourth-order valence-corrected chi connectivity index (χ4v) is 3.57. The van der Waals surface area contributed by atoms with Gasteiger partial charge in [0, 0.05) is 37.6 Å². The van der Waals surface area contributed by atoms with Gasteiger partial charge in [0.05, 0.1) is 0 Å². The molecule has 1 fully saturated rings. The zero-order valence-electron chi connectivity index (χ0n) is 13.1. The van der Waals surface area contributed by atoms with Crippen LogP contribution in [0.5, 0.6) is 0 Å². The summed E-state index contributed by atoms with van der Waals surface area (Å²) >= 11 is 0. The Balaban J connectivity index is 1.70.